The molecule has 1 fully saturated rings. The highest BCUT2D eigenvalue weighted by Gasteiger charge is 2.27. The quantitative estimate of drug-likeness (QED) is 0.771. The molecule has 2 atom stereocenters. The Balaban J connectivity index is 2.05. The van der Waals surface area contributed by atoms with Crippen molar-refractivity contribution in [2.75, 3.05) is 0 Å². The van der Waals surface area contributed by atoms with Crippen molar-refractivity contribution >= 4 is 28.7 Å². The van der Waals surface area contributed by atoms with Crippen LogP contribution in [0.15, 0.2) is 17.5 Å². The van der Waals surface area contributed by atoms with Crippen LogP contribution in [-0.2, 0) is 6.54 Å². The fourth-order valence-corrected chi connectivity index (χ4v) is 2.77. The van der Waals surface area contributed by atoms with E-state index < -0.39 is 6.23 Å². The SMILES string of the molecule is CC1CC(O)N(Cc2cccs2)C(=S)N1. The summed E-state index contributed by atoms with van der Waals surface area (Å²) in [7, 11) is 0. The number of hydrogen-bond acceptors (Lipinski definition) is 3. The van der Waals surface area contributed by atoms with Gasteiger partial charge in [0.05, 0.1) is 6.54 Å². The number of nitrogens with zero attached hydrogens (tertiary/aromatic N) is 1. The van der Waals surface area contributed by atoms with Gasteiger partial charge in [0, 0.05) is 17.3 Å². The lowest BCUT2D eigenvalue weighted by atomic mass is 10.1. The van der Waals surface area contributed by atoms with Crippen LogP contribution in [0.1, 0.15) is 18.2 Å². The van der Waals surface area contributed by atoms with Gasteiger partial charge in [-0.2, -0.15) is 0 Å². The number of nitrogens with one attached hydrogen (secondary N) is 1. The van der Waals surface area contributed by atoms with Crippen molar-refractivity contribution in [2.24, 2.45) is 0 Å². The molecule has 1 aromatic heterocycles. The van der Waals surface area contributed by atoms with E-state index in [1.54, 1.807) is 11.3 Å². The fourth-order valence-electron chi connectivity index (χ4n) is 1.68. The van der Waals surface area contributed by atoms with Gasteiger partial charge in [-0.05, 0) is 30.6 Å². The molecule has 0 radical (unpaired) electrons. The van der Waals surface area contributed by atoms with Crippen molar-refractivity contribution < 1.29 is 5.11 Å². The molecule has 15 heavy (non-hydrogen) atoms. The van der Waals surface area contributed by atoms with E-state index in [0.717, 1.165) is 0 Å². The topological polar surface area (TPSA) is 35.5 Å². The molecule has 0 saturated carbocycles. The minimum Gasteiger partial charge on any atom is -0.373 e. The maximum absolute atomic E-state index is 9.91. The molecule has 0 aromatic carbocycles. The Morgan fingerprint density at radius 2 is 2.53 bits per heavy atom. The van der Waals surface area contributed by atoms with Crippen molar-refractivity contribution in [3.05, 3.63) is 22.4 Å². The zero-order chi connectivity index (χ0) is 10.8. The van der Waals surface area contributed by atoms with Gasteiger partial charge in [0.1, 0.15) is 6.23 Å². The zero-order valence-electron chi connectivity index (χ0n) is 8.51. The number of aliphatic hydroxyl groups is 1. The molecule has 0 spiro atoms. The van der Waals surface area contributed by atoms with Gasteiger partial charge in [0.25, 0.3) is 0 Å². The summed E-state index contributed by atoms with van der Waals surface area (Å²) in [6.07, 6.45) is 0.252. The van der Waals surface area contributed by atoms with E-state index >= 15 is 0 Å². The second-order valence-electron chi connectivity index (χ2n) is 3.77. The molecule has 2 rings (SSSR count). The van der Waals surface area contributed by atoms with Crippen LogP contribution in [0.3, 0.4) is 0 Å². The first-order chi connectivity index (χ1) is 7.16. The summed E-state index contributed by atoms with van der Waals surface area (Å²) < 4.78 is 0. The molecule has 0 aliphatic carbocycles. The molecule has 5 heteroatoms. The highest BCUT2D eigenvalue weighted by molar-refractivity contribution is 7.80. The Bertz CT molecular complexity index is 339. The summed E-state index contributed by atoms with van der Waals surface area (Å²) in [5.41, 5.74) is 0. The van der Waals surface area contributed by atoms with Crippen molar-refractivity contribution in [1.82, 2.24) is 10.2 Å². The molecule has 0 amide bonds. The van der Waals surface area contributed by atoms with E-state index in [2.05, 4.69) is 11.4 Å². The van der Waals surface area contributed by atoms with E-state index in [9.17, 15) is 5.11 Å². The molecular weight excluding hydrogens is 228 g/mol. The normalized spacial score (nSPS) is 26.5. The van der Waals surface area contributed by atoms with E-state index in [4.69, 9.17) is 12.2 Å². The molecule has 1 aromatic rings. The molecule has 2 N–H and O–H groups in total. The average molecular weight is 242 g/mol. The molecular formula is C10H14N2OS2. The van der Waals surface area contributed by atoms with Gasteiger partial charge in [0.2, 0.25) is 0 Å². The van der Waals surface area contributed by atoms with Crippen LogP contribution in [-0.4, -0.2) is 27.4 Å². The van der Waals surface area contributed by atoms with E-state index in [-0.39, 0.29) is 6.04 Å². The van der Waals surface area contributed by atoms with Crippen LogP contribution < -0.4 is 5.32 Å². The van der Waals surface area contributed by atoms with Crippen LogP contribution in [0.5, 0.6) is 0 Å². The summed E-state index contributed by atoms with van der Waals surface area (Å²) in [6.45, 7) is 2.72. The lowest BCUT2D eigenvalue weighted by Gasteiger charge is -2.37. The largest absolute Gasteiger partial charge is 0.373 e. The molecule has 0 bridgehead atoms. The first-order valence-electron chi connectivity index (χ1n) is 4.94. The van der Waals surface area contributed by atoms with E-state index in [0.29, 0.717) is 18.1 Å². The van der Waals surface area contributed by atoms with E-state index in [1.165, 1.54) is 4.88 Å². The highest BCUT2D eigenvalue weighted by Crippen LogP contribution is 2.18. The highest BCUT2D eigenvalue weighted by atomic mass is 32.1. The Hall–Kier alpha value is -0.650. The summed E-state index contributed by atoms with van der Waals surface area (Å²) >= 11 is 6.90. The standard InChI is InChI=1S/C10H14N2OS2/c1-7-5-9(13)12(10(14)11-7)6-8-3-2-4-15-8/h2-4,7,9,13H,5-6H2,1H3,(H,11,14). The van der Waals surface area contributed by atoms with Gasteiger partial charge >= 0.3 is 0 Å². The zero-order valence-corrected chi connectivity index (χ0v) is 10.1. The molecule has 1 aliphatic heterocycles. The predicted octanol–water partition coefficient (Wildman–Crippen LogP) is 1.54. The molecule has 2 heterocycles. The Morgan fingerprint density at radius 3 is 3.13 bits per heavy atom. The molecule has 82 valence electrons. The summed E-state index contributed by atoms with van der Waals surface area (Å²) in [5.74, 6) is 0. The van der Waals surface area contributed by atoms with Crippen molar-refractivity contribution in [3.63, 3.8) is 0 Å². The summed E-state index contributed by atoms with van der Waals surface area (Å²) in [6, 6.07) is 4.32. The fraction of sp³-hybridized carbons (Fsp3) is 0.500. The summed E-state index contributed by atoms with van der Waals surface area (Å²) in [4.78, 5) is 3.05. The van der Waals surface area contributed by atoms with Gasteiger partial charge < -0.3 is 15.3 Å². The minimum absolute atomic E-state index is 0.257. The monoisotopic (exact) mass is 242 g/mol. The number of rotatable bonds is 2. The molecule has 2 unspecified atom stereocenters. The van der Waals surface area contributed by atoms with Crippen LogP contribution in [0.4, 0.5) is 0 Å². The predicted molar refractivity (Wildman–Crippen MR) is 65.7 cm³/mol. The smallest absolute Gasteiger partial charge is 0.171 e. The van der Waals surface area contributed by atoms with Crippen molar-refractivity contribution in [3.8, 4) is 0 Å². The van der Waals surface area contributed by atoms with Crippen LogP contribution >= 0.6 is 23.6 Å². The number of thiocarbonyl (C=S) groups is 1. The number of thiophene rings is 1. The maximum Gasteiger partial charge on any atom is 0.171 e. The second kappa shape index (κ2) is 4.47. The first-order valence-corrected chi connectivity index (χ1v) is 6.23. The van der Waals surface area contributed by atoms with E-state index in [1.807, 2.05) is 23.3 Å². The van der Waals surface area contributed by atoms with Crippen molar-refractivity contribution in [1.29, 1.82) is 0 Å². The maximum atomic E-state index is 9.91. The summed E-state index contributed by atoms with van der Waals surface area (Å²) in [5, 5.41) is 15.8. The Morgan fingerprint density at radius 1 is 1.73 bits per heavy atom. The third-order valence-electron chi connectivity index (χ3n) is 2.46. The number of hydrogen-bond donors (Lipinski definition) is 2. The van der Waals surface area contributed by atoms with Crippen molar-refractivity contribution in [2.45, 2.75) is 32.2 Å². The number of aliphatic hydroxyl groups excluding tert-OH is 1. The van der Waals surface area contributed by atoms with Gasteiger partial charge in [-0.15, -0.1) is 11.3 Å². The Labute approximate surface area is 98.7 Å². The van der Waals surface area contributed by atoms with Gasteiger partial charge in [0.15, 0.2) is 5.11 Å². The molecule has 1 saturated heterocycles. The van der Waals surface area contributed by atoms with Gasteiger partial charge in [-0.25, -0.2) is 0 Å². The van der Waals surface area contributed by atoms with Gasteiger partial charge in [-0.3, -0.25) is 0 Å². The third kappa shape index (κ3) is 2.48. The lowest BCUT2D eigenvalue weighted by molar-refractivity contribution is 0.0217. The average Bonchev–Trinajstić information content (AvgIpc) is 2.63. The van der Waals surface area contributed by atoms with Gasteiger partial charge in [-0.1, -0.05) is 6.07 Å². The molecule has 3 nitrogen and oxygen atoms in total. The Kier molecular flexibility index (Phi) is 3.23. The first kappa shape index (κ1) is 10.9. The van der Waals surface area contributed by atoms with Crippen LogP contribution in [0.25, 0.3) is 0 Å². The second-order valence-corrected chi connectivity index (χ2v) is 5.19. The minimum atomic E-state index is -0.462. The molecule has 1 aliphatic rings. The lowest BCUT2D eigenvalue weighted by Crippen LogP contribution is -2.55. The third-order valence-corrected chi connectivity index (χ3v) is 3.67. The van der Waals surface area contributed by atoms with Crippen LogP contribution in [0, 0.1) is 0 Å². The van der Waals surface area contributed by atoms with Crippen LogP contribution in [0.2, 0.25) is 0 Å².